The summed E-state index contributed by atoms with van der Waals surface area (Å²) in [6, 6.07) is 13.4. The minimum atomic E-state index is 0.187. The van der Waals surface area contributed by atoms with Gasteiger partial charge < -0.3 is 10.1 Å². The second-order valence-corrected chi connectivity index (χ2v) is 5.63. The van der Waals surface area contributed by atoms with Gasteiger partial charge in [0.15, 0.2) is 0 Å². The molecule has 0 atom stereocenters. The maximum absolute atomic E-state index is 6.11. The lowest BCUT2D eigenvalue weighted by Crippen LogP contribution is -2.05. The standard InChI is InChI=1S/C16H17Cl2NO/c1-11(2)20-14-6-3-12(4-7-14)10-19-16-8-5-13(17)9-15(16)18/h3-9,11,19H,10H2,1-2H3. The summed E-state index contributed by atoms with van der Waals surface area (Å²) >= 11 is 12.0. The molecule has 4 heteroatoms. The van der Waals surface area contributed by atoms with Gasteiger partial charge in [-0.3, -0.25) is 0 Å². The average molecular weight is 310 g/mol. The van der Waals surface area contributed by atoms with E-state index in [1.54, 1.807) is 6.07 Å². The van der Waals surface area contributed by atoms with E-state index in [0.717, 1.165) is 17.0 Å². The number of nitrogens with one attached hydrogen (secondary N) is 1. The largest absolute Gasteiger partial charge is 0.491 e. The van der Waals surface area contributed by atoms with Gasteiger partial charge in [0.2, 0.25) is 0 Å². The molecular formula is C16H17Cl2NO. The zero-order valence-electron chi connectivity index (χ0n) is 11.5. The lowest BCUT2D eigenvalue weighted by Gasteiger charge is -2.11. The van der Waals surface area contributed by atoms with Crippen LogP contribution in [0.4, 0.5) is 5.69 Å². The Morgan fingerprint density at radius 3 is 2.35 bits per heavy atom. The van der Waals surface area contributed by atoms with Crippen LogP contribution in [-0.2, 0) is 6.54 Å². The van der Waals surface area contributed by atoms with Gasteiger partial charge in [-0.15, -0.1) is 0 Å². The number of ether oxygens (including phenoxy) is 1. The number of hydrogen-bond donors (Lipinski definition) is 1. The summed E-state index contributed by atoms with van der Waals surface area (Å²) in [7, 11) is 0. The first-order valence-corrected chi connectivity index (χ1v) is 7.24. The first-order chi connectivity index (χ1) is 9.54. The van der Waals surface area contributed by atoms with E-state index in [1.807, 2.05) is 50.2 Å². The first kappa shape index (κ1) is 15.0. The predicted octanol–water partition coefficient (Wildman–Crippen LogP) is 5.39. The molecule has 0 amide bonds. The van der Waals surface area contributed by atoms with E-state index in [0.29, 0.717) is 16.6 Å². The molecule has 0 saturated carbocycles. The Morgan fingerprint density at radius 1 is 1.05 bits per heavy atom. The van der Waals surface area contributed by atoms with E-state index in [9.17, 15) is 0 Å². The van der Waals surface area contributed by atoms with Gasteiger partial charge >= 0.3 is 0 Å². The quantitative estimate of drug-likeness (QED) is 0.799. The summed E-state index contributed by atoms with van der Waals surface area (Å²) in [4.78, 5) is 0. The fourth-order valence-corrected chi connectivity index (χ4v) is 2.26. The predicted molar refractivity (Wildman–Crippen MR) is 86.0 cm³/mol. The van der Waals surface area contributed by atoms with Crippen LogP contribution in [0.5, 0.6) is 5.75 Å². The Hall–Kier alpha value is -1.38. The highest BCUT2D eigenvalue weighted by Gasteiger charge is 2.02. The van der Waals surface area contributed by atoms with Crippen molar-refractivity contribution < 1.29 is 4.74 Å². The Balaban J connectivity index is 1.96. The molecule has 0 heterocycles. The van der Waals surface area contributed by atoms with Crippen LogP contribution in [0.1, 0.15) is 19.4 Å². The minimum absolute atomic E-state index is 0.187. The van der Waals surface area contributed by atoms with Crippen LogP contribution in [0.2, 0.25) is 10.0 Å². The summed E-state index contributed by atoms with van der Waals surface area (Å²) in [5.74, 6) is 0.883. The number of anilines is 1. The maximum Gasteiger partial charge on any atom is 0.119 e. The average Bonchev–Trinajstić information content (AvgIpc) is 2.39. The van der Waals surface area contributed by atoms with Crippen molar-refractivity contribution in [1.82, 2.24) is 0 Å². The highest BCUT2D eigenvalue weighted by molar-refractivity contribution is 6.36. The molecule has 0 fully saturated rings. The second kappa shape index (κ2) is 6.87. The van der Waals surface area contributed by atoms with Crippen LogP contribution in [0.3, 0.4) is 0 Å². The van der Waals surface area contributed by atoms with Crippen molar-refractivity contribution in [2.45, 2.75) is 26.5 Å². The molecule has 0 unspecified atom stereocenters. The Morgan fingerprint density at radius 2 is 1.75 bits per heavy atom. The maximum atomic E-state index is 6.11. The fraction of sp³-hybridized carbons (Fsp3) is 0.250. The second-order valence-electron chi connectivity index (χ2n) is 4.79. The van der Waals surface area contributed by atoms with Crippen LogP contribution < -0.4 is 10.1 Å². The van der Waals surface area contributed by atoms with Crippen molar-refractivity contribution in [1.29, 1.82) is 0 Å². The third-order valence-corrected chi connectivity index (χ3v) is 3.26. The highest BCUT2D eigenvalue weighted by atomic mass is 35.5. The smallest absolute Gasteiger partial charge is 0.119 e. The number of rotatable bonds is 5. The van der Waals surface area contributed by atoms with Crippen molar-refractivity contribution in [2.75, 3.05) is 5.32 Å². The van der Waals surface area contributed by atoms with Crippen LogP contribution in [0, 0.1) is 0 Å². The van der Waals surface area contributed by atoms with Gasteiger partial charge in [0.05, 0.1) is 16.8 Å². The lowest BCUT2D eigenvalue weighted by molar-refractivity contribution is 0.242. The minimum Gasteiger partial charge on any atom is -0.491 e. The van der Waals surface area contributed by atoms with Gasteiger partial charge in [0.25, 0.3) is 0 Å². The first-order valence-electron chi connectivity index (χ1n) is 6.49. The van der Waals surface area contributed by atoms with E-state index in [4.69, 9.17) is 27.9 Å². The molecule has 2 aromatic carbocycles. The van der Waals surface area contributed by atoms with Crippen LogP contribution in [-0.4, -0.2) is 6.10 Å². The van der Waals surface area contributed by atoms with Crippen molar-refractivity contribution in [3.8, 4) is 5.75 Å². The van der Waals surface area contributed by atoms with Crippen molar-refractivity contribution in [3.05, 3.63) is 58.1 Å². The molecular weight excluding hydrogens is 293 g/mol. The van der Waals surface area contributed by atoms with Gasteiger partial charge in [-0.1, -0.05) is 35.3 Å². The van der Waals surface area contributed by atoms with E-state index in [-0.39, 0.29) is 6.10 Å². The molecule has 2 nitrogen and oxygen atoms in total. The molecule has 2 aromatic rings. The van der Waals surface area contributed by atoms with Gasteiger partial charge in [0.1, 0.15) is 5.75 Å². The van der Waals surface area contributed by atoms with E-state index in [2.05, 4.69) is 5.32 Å². The summed E-state index contributed by atoms with van der Waals surface area (Å²) in [6.07, 6.45) is 0.187. The molecule has 0 aliphatic carbocycles. The third kappa shape index (κ3) is 4.32. The number of halogens is 2. The van der Waals surface area contributed by atoms with Crippen molar-refractivity contribution >= 4 is 28.9 Å². The highest BCUT2D eigenvalue weighted by Crippen LogP contribution is 2.26. The number of benzene rings is 2. The van der Waals surface area contributed by atoms with Crippen LogP contribution in [0.25, 0.3) is 0 Å². The van der Waals surface area contributed by atoms with E-state index >= 15 is 0 Å². The molecule has 0 bridgehead atoms. The van der Waals surface area contributed by atoms with Gasteiger partial charge in [-0.05, 0) is 49.7 Å². The van der Waals surface area contributed by atoms with Crippen molar-refractivity contribution in [3.63, 3.8) is 0 Å². The topological polar surface area (TPSA) is 21.3 Å². The Kier molecular flexibility index (Phi) is 5.16. The monoisotopic (exact) mass is 309 g/mol. The summed E-state index contributed by atoms with van der Waals surface area (Å²) in [5.41, 5.74) is 2.03. The zero-order chi connectivity index (χ0) is 14.5. The van der Waals surface area contributed by atoms with E-state index in [1.165, 1.54) is 0 Å². The molecule has 0 aliphatic rings. The van der Waals surface area contributed by atoms with E-state index < -0.39 is 0 Å². The Labute approximate surface area is 129 Å². The van der Waals surface area contributed by atoms with Crippen LogP contribution >= 0.6 is 23.2 Å². The summed E-state index contributed by atoms with van der Waals surface area (Å²) < 4.78 is 5.61. The van der Waals surface area contributed by atoms with Gasteiger partial charge in [0, 0.05) is 11.6 Å². The van der Waals surface area contributed by atoms with Crippen molar-refractivity contribution in [2.24, 2.45) is 0 Å². The molecule has 0 radical (unpaired) electrons. The lowest BCUT2D eigenvalue weighted by atomic mass is 10.2. The zero-order valence-corrected chi connectivity index (χ0v) is 13.0. The molecule has 1 N–H and O–H groups in total. The molecule has 20 heavy (non-hydrogen) atoms. The molecule has 106 valence electrons. The molecule has 0 aliphatic heterocycles. The SMILES string of the molecule is CC(C)Oc1ccc(CNc2ccc(Cl)cc2Cl)cc1. The van der Waals surface area contributed by atoms with Crippen LogP contribution in [0.15, 0.2) is 42.5 Å². The summed E-state index contributed by atoms with van der Waals surface area (Å²) in [5, 5.41) is 4.54. The summed E-state index contributed by atoms with van der Waals surface area (Å²) in [6.45, 7) is 4.72. The molecule has 0 saturated heterocycles. The number of hydrogen-bond acceptors (Lipinski definition) is 2. The molecule has 2 rings (SSSR count). The molecule has 0 aromatic heterocycles. The van der Waals surface area contributed by atoms with Gasteiger partial charge in [-0.25, -0.2) is 0 Å². The third-order valence-electron chi connectivity index (χ3n) is 2.71. The molecule has 0 spiro atoms. The Bertz CT molecular complexity index is 567. The fourth-order valence-electron chi connectivity index (χ4n) is 1.79. The normalized spacial score (nSPS) is 10.7. The van der Waals surface area contributed by atoms with Gasteiger partial charge in [-0.2, -0.15) is 0 Å².